The van der Waals surface area contributed by atoms with Gasteiger partial charge in [-0.05, 0) is 32.6 Å². The molecule has 0 saturated carbocycles. The molecule has 2 atom stereocenters. The van der Waals surface area contributed by atoms with Gasteiger partial charge in [0.25, 0.3) is 0 Å². The molecule has 0 bridgehead atoms. The number of hydrogen-bond donors (Lipinski definition) is 0. The number of piperidine rings is 1. The summed E-state index contributed by atoms with van der Waals surface area (Å²) >= 11 is 0. The molecule has 1 heteroatoms. The lowest BCUT2D eigenvalue weighted by Crippen LogP contribution is -2.35. The first-order valence-electron chi connectivity index (χ1n) is 5.07. The lowest BCUT2D eigenvalue weighted by atomic mass is 9.88. The van der Waals surface area contributed by atoms with Crippen molar-refractivity contribution in [2.75, 3.05) is 7.05 Å². The SMILES string of the molecule is CC=C1CC(CC)CC(C)N1C. The van der Waals surface area contributed by atoms with Crippen molar-refractivity contribution in [2.45, 2.75) is 46.1 Å². The zero-order valence-electron chi connectivity index (χ0n) is 8.80. The second-order valence-corrected chi connectivity index (χ2v) is 3.95. The number of likely N-dealkylation sites (tertiary alicyclic amines) is 1. The second kappa shape index (κ2) is 3.97. The van der Waals surface area contributed by atoms with E-state index >= 15 is 0 Å². The molecule has 0 N–H and O–H groups in total. The molecule has 0 aromatic heterocycles. The van der Waals surface area contributed by atoms with Crippen LogP contribution >= 0.6 is 0 Å². The third kappa shape index (κ3) is 1.82. The molecule has 0 aromatic carbocycles. The van der Waals surface area contributed by atoms with E-state index in [4.69, 9.17) is 0 Å². The van der Waals surface area contributed by atoms with E-state index in [1.165, 1.54) is 25.0 Å². The predicted molar refractivity (Wildman–Crippen MR) is 54.0 cm³/mol. The summed E-state index contributed by atoms with van der Waals surface area (Å²) in [6, 6.07) is 0.731. The Morgan fingerprint density at radius 3 is 2.75 bits per heavy atom. The lowest BCUT2D eigenvalue weighted by molar-refractivity contribution is 0.202. The molecule has 0 radical (unpaired) electrons. The Morgan fingerprint density at radius 1 is 1.58 bits per heavy atom. The molecule has 1 rings (SSSR count). The Bertz CT molecular complexity index is 172. The van der Waals surface area contributed by atoms with Crippen molar-refractivity contribution < 1.29 is 0 Å². The fourth-order valence-corrected chi connectivity index (χ4v) is 2.08. The Balaban J connectivity index is 2.65. The van der Waals surface area contributed by atoms with Crippen LogP contribution in [0, 0.1) is 5.92 Å². The van der Waals surface area contributed by atoms with Crippen molar-refractivity contribution in [3.05, 3.63) is 11.8 Å². The zero-order valence-corrected chi connectivity index (χ0v) is 8.80. The molecule has 12 heavy (non-hydrogen) atoms. The van der Waals surface area contributed by atoms with Gasteiger partial charge in [0.1, 0.15) is 0 Å². The topological polar surface area (TPSA) is 3.24 Å². The first-order valence-corrected chi connectivity index (χ1v) is 5.07. The molecule has 1 aliphatic rings. The second-order valence-electron chi connectivity index (χ2n) is 3.95. The van der Waals surface area contributed by atoms with Crippen LogP contribution in [0.1, 0.15) is 40.0 Å². The van der Waals surface area contributed by atoms with Crippen LogP contribution in [0.25, 0.3) is 0 Å². The van der Waals surface area contributed by atoms with E-state index in [1.54, 1.807) is 0 Å². The summed E-state index contributed by atoms with van der Waals surface area (Å²) in [5.74, 6) is 0.919. The fourth-order valence-electron chi connectivity index (χ4n) is 2.08. The Labute approximate surface area is 76.5 Å². The molecule has 1 heterocycles. The van der Waals surface area contributed by atoms with Gasteiger partial charge in [-0.15, -0.1) is 0 Å². The van der Waals surface area contributed by atoms with Crippen molar-refractivity contribution in [1.29, 1.82) is 0 Å². The Morgan fingerprint density at radius 2 is 2.25 bits per heavy atom. The molecule has 0 aliphatic carbocycles. The predicted octanol–water partition coefficient (Wildman–Crippen LogP) is 3.03. The summed E-state index contributed by atoms with van der Waals surface area (Å²) in [6.07, 6.45) is 6.24. The summed E-state index contributed by atoms with van der Waals surface area (Å²) in [7, 11) is 2.21. The average Bonchev–Trinajstić information content (AvgIpc) is 2.09. The third-order valence-corrected chi connectivity index (χ3v) is 3.20. The smallest absolute Gasteiger partial charge is 0.0258 e. The van der Waals surface area contributed by atoms with Crippen LogP contribution in [-0.2, 0) is 0 Å². The van der Waals surface area contributed by atoms with E-state index in [1.807, 2.05) is 0 Å². The van der Waals surface area contributed by atoms with Crippen LogP contribution < -0.4 is 0 Å². The minimum Gasteiger partial charge on any atom is -0.375 e. The first-order chi connectivity index (χ1) is 5.69. The standard InChI is InChI=1S/C11H21N/c1-5-10-7-9(3)12(4)11(6-2)8-10/h6,9-10H,5,7-8H2,1-4H3. The molecule has 0 amide bonds. The largest absolute Gasteiger partial charge is 0.375 e. The summed E-state index contributed by atoms with van der Waals surface area (Å²) in [6.45, 7) is 6.78. The van der Waals surface area contributed by atoms with Gasteiger partial charge in [0.15, 0.2) is 0 Å². The normalized spacial score (nSPS) is 34.3. The maximum Gasteiger partial charge on any atom is 0.0258 e. The monoisotopic (exact) mass is 167 g/mol. The maximum absolute atomic E-state index is 2.42. The van der Waals surface area contributed by atoms with E-state index in [2.05, 4.69) is 38.8 Å². The number of allylic oxidation sites excluding steroid dienone is 2. The molecule has 0 spiro atoms. The molecular weight excluding hydrogens is 146 g/mol. The molecule has 1 nitrogen and oxygen atoms in total. The van der Waals surface area contributed by atoms with Crippen LogP contribution in [0.5, 0.6) is 0 Å². The quantitative estimate of drug-likeness (QED) is 0.580. The van der Waals surface area contributed by atoms with Crippen LogP contribution in [0.2, 0.25) is 0 Å². The molecule has 1 aliphatic heterocycles. The molecule has 1 fully saturated rings. The van der Waals surface area contributed by atoms with Crippen molar-refractivity contribution >= 4 is 0 Å². The van der Waals surface area contributed by atoms with E-state index in [-0.39, 0.29) is 0 Å². The summed E-state index contributed by atoms with van der Waals surface area (Å²) in [4.78, 5) is 2.42. The maximum atomic E-state index is 2.42. The summed E-state index contributed by atoms with van der Waals surface area (Å²) in [5, 5.41) is 0. The fraction of sp³-hybridized carbons (Fsp3) is 0.818. The van der Waals surface area contributed by atoms with Crippen LogP contribution in [0.15, 0.2) is 11.8 Å². The van der Waals surface area contributed by atoms with Gasteiger partial charge < -0.3 is 4.90 Å². The van der Waals surface area contributed by atoms with Gasteiger partial charge in [-0.3, -0.25) is 0 Å². The summed E-state index contributed by atoms with van der Waals surface area (Å²) in [5.41, 5.74) is 1.53. The number of nitrogens with zero attached hydrogens (tertiary/aromatic N) is 1. The highest BCUT2D eigenvalue weighted by atomic mass is 15.1. The molecule has 1 saturated heterocycles. The van der Waals surface area contributed by atoms with Gasteiger partial charge in [-0.25, -0.2) is 0 Å². The zero-order chi connectivity index (χ0) is 9.14. The van der Waals surface area contributed by atoms with Gasteiger partial charge in [0.05, 0.1) is 0 Å². The molecule has 70 valence electrons. The Hall–Kier alpha value is -0.460. The minimum atomic E-state index is 0.731. The first kappa shape index (κ1) is 9.63. The van der Waals surface area contributed by atoms with Gasteiger partial charge >= 0.3 is 0 Å². The van der Waals surface area contributed by atoms with Gasteiger partial charge in [-0.2, -0.15) is 0 Å². The molecule has 2 unspecified atom stereocenters. The van der Waals surface area contributed by atoms with E-state index in [0.717, 1.165) is 12.0 Å². The van der Waals surface area contributed by atoms with E-state index in [0.29, 0.717) is 0 Å². The van der Waals surface area contributed by atoms with Crippen molar-refractivity contribution in [3.8, 4) is 0 Å². The highest BCUT2D eigenvalue weighted by Gasteiger charge is 2.23. The Kier molecular flexibility index (Phi) is 3.19. The average molecular weight is 167 g/mol. The van der Waals surface area contributed by atoms with E-state index in [9.17, 15) is 0 Å². The van der Waals surface area contributed by atoms with Crippen molar-refractivity contribution in [1.82, 2.24) is 4.90 Å². The molecular formula is C11H21N. The lowest BCUT2D eigenvalue weighted by Gasteiger charge is -2.38. The third-order valence-electron chi connectivity index (χ3n) is 3.20. The minimum absolute atomic E-state index is 0.731. The van der Waals surface area contributed by atoms with Crippen molar-refractivity contribution in [2.24, 2.45) is 5.92 Å². The highest BCUT2D eigenvalue weighted by molar-refractivity contribution is 5.05. The van der Waals surface area contributed by atoms with Crippen LogP contribution in [-0.4, -0.2) is 18.0 Å². The van der Waals surface area contributed by atoms with E-state index < -0.39 is 0 Å². The van der Waals surface area contributed by atoms with Gasteiger partial charge in [0.2, 0.25) is 0 Å². The van der Waals surface area contributed by atoms with Crippen LogP contribution in [0.3, 0.4) is 0 Å². The number of hydrogen-bond acceptors (Lipinski definition) is 1. The highest BCUT2D eigenvalue weighted by Crippen LogP contribution is 2.30. The van der Waals surface area contributed by atoms with Crippen molar-refractivity contribution in [3.63, 3.8) is 0 Å². The summed E-state index contributed by atoms with van der Waals surface area (Å²) < 4.78 is 0. The van der Waals surface area contributed by atoms with Gasteiger partial charge in [0, 0.05) is 18.8 Å². The molecule has 0 aromatic rings. The van der Waals surface area contributed by atoms with Crippen LogP contribution in [0.4, 0.5) is 0 Å². The number of rotatable bonds is 1. The van der Waals surface area contributed by atoms with Gasteiger partial charge in [-0.1, -0.05) is 19.4 Å².